The Bertz CT molecular complexity index is 506. The molecule has 2 heterocycles. The molecule has 0 aromatic carbocycles. The van der Waals surface area contributed by atoms with Crippen LogP contribution in [0.2, 0.25) is 0 Å². The number of hydrazine groups is 2. The van der Waals surface area contributed by atoms with E-state index in [0.29, 0.717) is 5.95 Å². The van der Waals surface area contributed by atoms with E-state index in [-0.39, 0.29) is 0 Å². The van der Waals surface area contributed by atoms with E-state index in [1.54, 1.807) is 11.3 Å². The molecule has 16 heavy (non-hydrogen) atoms. The molecule has 0 amide bonds. The number of hydrogen-bond donors (Lipinski definition) is 3. The van der Waals surface area contributed by atoms with E-state index in [4.69, 9.17) is 5.84 Å². The van der Waals surface area contributed by atoms with Crippen LogP contribution in [0.25, 0.3) is 10.2 Å². The fourth-order valence-corrected chi connectivity index (χ4v) is 2.28. The lowest BCUT2D eigenvalue weighted by atomic mass is 10.3. The van der Waals surface area contributed by atoms with Crippen LogP contribution < -0.4 is 16.7 Å². The van der Waals surface area contributed by atoms with Crippen molar-refractivity contribution < 1.29 is 0 Å². The van der Waals surface area contributed by atoms with Crippen molar-refractivity contribution in [3.05, 3.63) is 10.9 Å². The van der Waals surface area contributed by atoms with Crippen molar-refractivity contribution in [3.63, 3.8) is 0 Å². The molecule has 0 spiro atoms. The molecule has 2 aromatic rings. The molecule has 0 fully saturated rings. The van der Waals surface area contributed by atoms with Gasteiger partial charge in [-0.15, -0.1) is 11.3 Å². The Hall–Kier alpha value is -1.44. The van der Waals surface area contributed by atoms with Gasteiger partial charge in [0.25, 0.3) is 0 Å². The third kappa shape index (κ3) is 2.06. The number of thiophene rings is 1. The summed E-state index contributed by atoms with van der Waals surface area (Å²) < 4.78 is 0. The Labute approximate surface area is 97.4 Å². The molecule has 86 valence electrons. The van der Waals surface area contributed by atoms with Crippen molar-refractivity contribution in [2.75, 3.05) is 24.9 Å². The molecule has 6 nitrogen and oxygen atoms in total. The number of aromatic nitrogens is 2. The van der Waals surface area contributed by atoms with E-state index in [1.807, 2.05) is 26.0 Å². The minimum atomic E-state index is 0.415. The van der Waals surface area contributed by atoms with Crippen LogP contribution in [-0.4, -0.2) is 29.1 Å². The van der Waals surface area contributed by atoms with E-state index in [9.17, 15) is 0 Å². The van der Waals surface area contributed by atoms with Crippen LogP contribution in [0.15, 0.2) is 6.07 Å². The van der Waals surface area contributed by atoms with Crippen LogP contribution in [0.1, 0.15) is 4.88 Å². The van der Waals surface area contributed by atoms with Crippen molar-refractivity contribution in [1.29, 1.82) is 0 Å². The third-order valence-electron chi connectivity index (χ3n) is 1.97. The van der Waals surface area contributed by atoms with Gasteiger partial charge in [-0.05, 0) is 13.0 Å². The molecule has 0 aliphatic rings. The van der Waals surface area contributed by atoms with Crippen LogP contribution in [0.5, 0.6) is 0 Å². The minimum Gasteiger partial charge on any atom is -0.303 e. The number of anilines is 2. The fraction of sp³-hybridized carbons (Fsp3) is 0.333. The number of rotatable bonds is 3. The Morgan fingerprint density at radius 2 is 2.12 bits per heavy atom. The van der Waals surface area contributed by atoms with Crippen LogP contribution in [0.4, 0.5) is 11.8 Å². The first kappa shape index (κ1) is 11.1. The fourth-order valence-electron chi connectivity index (χ4n) is 1.40. The zero-order valence-electron chi connectivity index (χ0n) is 9.40. The first-order valence-corrected chi connectivity index (χ1v) is 5.60. The smallest absolute Gasteiger partial charge is 0.240 e. The third-order valence-corrected chi connectivity index (χ3v) is 2.92. The number of nitrogens with zero attached hydrogens (tertiary/aromatic N) is 3. The Kier molecular flexibility index (Phi) is 2.90. The highest BCUT2D eigenvalue weighted by Gasteiger charge is 2.10. The molecule has 0 atom stereocenters. The van der Waals surface area contributed by atoms with Gasteiger partial charge in [-0.3, -0.25) is 5.43 Å². The molecule has 0 aliphatic carbocycles. The van der Waals surface area contributed by atoms with Crippen molar-refractivity contribution >= 4 is 33.3 Å². The molecule has 7 heteroatoms. The molecule has 0 saturated carbocycles. The summed E-state index contributed by atoms with van der Waals surface area (Å²) in [5.41, 5.74) is 5.60. The molecule has 0 radical (unpaired) electrons. The summed E-state index contributed by atoms with van der Waals surface area (Å²) in [7, 11) is 3.81. The van der Waals surface area contributed by atoms with Crippen LogP contribution >= 0.6 is 11.3 Å². The second-order valence-electron chi connectivity index (χ2n) is 3.62. The van der Waals surface area contributed by atoms with Gasteiger partial charge in [-0.25, -0.2) is 15.8 Å². The van der Waals surface area contributed by atoms with Crippen molar-refractivity contribution in [2.45, 2.75) is 6.92 Å². The molecule has 2 rings (SSSR count). The predicted molar refractivity (Wildman–Crippen MR) is 67.3 cm³/mol. The number of nitrogens with two attached hydrogens (primary N) is 1. The van der Waals surface area contributed by atoms with E-state index in [0.717, 1.165) is 16.0 Å². The number of aryl methyl sites for hydroxylation is 1. The normalized spacial score (nSPS) is 11.1. The Morgan fingerprint density at radius 3 is 2.75 bits per heavy atom. The molecule has 0 unspecified atom stereocenters. The van der Waals surface area contributed by atoms with Gasteiger partial charge < -0.3 is 5.43 Å². The first-order chi connectivity index (χ1) is 7.60. The summed E-state index contributed by atoms with van der Waals surface area (Å²) in [6.07, 6.45) is 0. The van der Waals surface area contributed by atoms with Gasteiger partial charge in [0, 0.05) is 19.0 Å². The lowest BCUT2D eigenvalue weighted by Crippen LogP contribution is -2.21. The minimum absolute atomic E-state index is 0.415. The van der Waals surface area contributed by atoms with Crippen LogP contribution in [-0.2, 0) is 0 Å². The van der Waals surface area contributed by atoms with Crippen molar-refractivity contribution in [1.82, 2.24) is 15.0 Å². The summed E-state index contributed by atoms with van der Waals surface area (Å²) >= 11 is 1.62. The highest BCUT2D eigenvalue weighted by molar-refractivity contribution is 7.18. The zero-order chi connectivity index (χ0) is 11.7. The molecule has 4 N–H and O–H groups in total. The summed E-state index contributed by atoms with van der Waals surface area (Å²) in [4.78, 5) is 10.7. The SMILES string of the molecule is Cc1cc2c(NN(C)C)nc(NN)nc2s1. The molecular weight excluding hydrogens is 224 g/mol. The van der Waals surface area contributed by atoms with Gasteiger partial charge in [0.1, 0.15) is 4.83 Å². The molecule has 0 bridgehead atoms. The monoisotopic (exact) mass is 238 g/mol. The largest absolute Gasteiger partial charge is 0.303 e. The molecule has 0 saturated heterocycles. The Morgan fingerprint density at radius 1 is 1.38 bits per heavy atom. The highest BCUT2D eigenvalue weighted by Crippen LogP contribution is 2.29. The number of fused-ring (bicyclic) bond motifs is 1. The average Bonchev–Trinajstić information content (AvgIpc) is 2.57. The van der Waals surface area contributed by atoms with Crippen LogP contribution in [0.3, 0.4) is 0 Å². The van der Waals surface area contributed by atoms with E-state index in [1.165, 1.54) is 4.88 Å². The predicted octanol–water partition coefficient (Wildman–Crippen LogP) is 1.17. The van der Waals surface area contributed by atoms with E-state index >= 15 is 0 Å². The second kappa shape index (κ2) is 4.20. The summed E-state index contributed by atoms with van der Waals surface area (Å²) in [5, 5.41) is 2.84. The molecule has 2 aromatic heterocycles. The van der Waals surface area contributed by atoms with Crippen molar-refractivity contribution in [3.8, 4) is 0 Å². The maximum atomic E-state index is 5.34. The van der Waals surface area contributed by atoms with Gasteiger partial charge in [0.2, 0.25) is 5.95 Å². The topological polar surface area (TPSA) is 79.1 Å². The van der Waals surface area contributed by atoms with Gasteiger partial charge in [-0.2, -0.15) is 4.98 Å². The molecular formula is C9H14N6S. The summed E-state index contributed by atoms with van der Waals surface area (Å²) in [6, 6.07) is 2.06. The van der Waals surface area contributed by atoms with Gasteiger partial charge in [0.05, 0.1) is 5.39 Å². The van der Waals surface area contributed by atoms with Gasteiger partial charge in [0.15, 0.2) is 5.82 Å². The quantitative estimate of drug-likeness (QED) is 0.550. The second-order valence-corrected chi connectivity index (χ2v) is 4.86. The van der Waals surface area contributed by atoms with Crippen molar-refractivity contribution in [2.24, 2.45) is 5.84 Å². The number of hydrogen-bond acceptors (Lipinski definition) is 7. The van der Waals surface area contributed by atoms with E-state index < -0.39 is 0 Å². The molecule has 0 aliphatic heterocycles. The summed E-state index contributed by atoms with van der Waals surface area (Å²) in [6.45, 7) is 2.04. The number of nitrogens with one attached hydrogen (secondary N) is 2. The van der Waals surface area contributed by atoms with Gasteiger partial charge in [-0.1, -0.05) is 0 Å². The highest BCUT2D eigenvalue weighted by atomic mass is 32.1. The van der Waals surface area contributed by atoms with Gasteiger partial charge >= 0.3 is 0 Å². The lowest BCUT2D eigenvalue weighted by molar-refractivity contribution is 0.493. The zero-order valence-corrected chi connectivity index (χ0v) is 10.2. The lowest BCUT2D eigenvalue weighted by Gasteiger charge is -2.13. The average molecular weight is 238 g/mol. The summed E-state index contributed by atoms with van der Waals surface area (Å²) in [5.74, 6) is 6.51. The Balaban J connectivity index is 2.58. The maximum Gasteiger partial charge on any atom is 0.240 e. The number of nitrogen functional groups attached to an aromatic ring is 1. The van der Waals surface area contributed by atoms with E-state index in [2.05, 4.69) is 26.9 Å². The van der Waals surface area contributed by atoms with Crippen LogP contribution in [0, 0.1) is 6.92 Å². The first-order valence-electron chi connectivity index (χ1n) is 4.79. The standard InChI is InChI=1S/C9H14N6S/c1-5-4-6-7(14-15(2)3)11-9(13-10)12-8(6)16-5/h4H,10H2,1-3H3,(H2,11,12,13,14). The maximum absolute atomic E-state index is 5.34.